The molecule has 0 radical (unpaired) electrons. The number of halogens is 1. The van der Waals surface area contributed by atoms with Crippen LogP contribution < -0.4 is 5.73 Å². The van der Waals surface area contributed by atoms with E-state index in [-0.39, 0.29) is 5.92 Å². The summed E-state index contributed by atoms with van der Waals surface area (Å²) in [5, 5.41) is 2.45. The summed E-state index contributed by atoms with van der Waals surface area (Å²) < 4.78 is 26.0. The summed E-state index contributed by atoms with van der Waals surface area (Å²) in [7, 11) is 0. The molecule has 0 aliphatic heterocycles. The van der Waals surface area contributed by atoms with E-state index in [1.54, 1.807) is 6.07 Å². The summed E-state index contributed by atoms with van der Waals surface area (Å²) in [6.07, 6.45) is 0.502. The second kappa shape index (κ2) is 6.44. The molecule has 8 heteroatoms. The molecule has 18 heavy (non-hydrogen) atoms. The number of nitrogens with two attached hydrogens (primary N) is 1. The van der Waals surface area contributed by atoms with E-state index in [9.17, 15) is 13.6 Å². The molecular formula is C10H15BrN2O4S. The maximum Gasteiger partial charge on any atom is 0.236 e. The van der Waals surface area contributed by atoms with Gasteiger partial charge in [-0.2, -0.15) is 0 Å². The van der Waals surface area contributed by atoms with Crippen molar-refractivity contribution in [3.05, 3.63) is 16.4 Å². The van der Waals surface area contributed by atoms with Crippen molar-refractivity contribution >= 4 is 32.9 Å². The monoisotopic (exact) mass is 338 g/mol. The summed E-state index contributed by atoms with van der Waals surface area (Å²) in [5.74, 6) is -0.799. The molecule has 0 aliphatic carbocycles. The molecule has 3 N–H and O–H groups in total. The summed E-state index contributed by atoms with van der Waals surface area (Å²) in [6.45, 7) is 3.88. The molecule has 1 amide bonds. The van der Waals surface area contributed by atoms with E-state index in [0.717, 1.165) is 0 Å². The predicted molar refractivity (Wildman–Crippen MR) is 70.2 cm³/mol. The Labute approximate surface area is 116 Å². The van der Waals surface area contributed by atoms with Crippen molar-refractivity contribution in [3.8, 4) is 0 Å². The number of aromatic nitrogens is 1. The standard InChI is InChI=1S/C10H15BrN2O4S/c1-5(2)3-6(7-4-8(11)13-17-7)9(10(12)14)18(15)16/h4-6,9H,3H2,1-2H3,(H2,12,14)(H,15,16). The average molecular weight is 339 g/mol. The smallest absolute Gasteiger partial charge is 0.236 e. The molecule has 0 saturated carbocycles. The van der Waals surface area contributed by atoms with Gasteiger partial charge in [0, 0.05) is 12.0 Å². The van der Waals surface area contributed by atoms with E-state index in [1.807, 2.05) is 13.8 Å². The molecule has 1 rings (SSSR count). The minimum absolute atomic E-state index is 0.212. The van der Waals surface area contributed by atoms with Gasteiger partial charge in [0.05, 0.1) is 0 Å². The number of hydrogen-bond donors (Lipinski definition) is 2. The normalized spacial score (nSPS) is 16.5. The Kier molecular flexibility index (Phi) is 5.48. The molecule has 0 aliphatic rings. The Bertz CT molecular complexity index is 435. The van der Waals surface area contributed by atoms with Gasteiger partial charge in [-0.3, -0.25) is 4.79 Å². The first kappa shape index (κ1) is 15.3. The molecule has 3 atom stereocenters. The molecule has 0 aromatic carbocycles. The van der Waals surface area contributed by atoms with Crippen molar-refractivity contribution in [1.29, 1.82) is 0 Å². The first-order chi connectivity index (χ1) is 8.32. The van der Waals surface area contributed by atoms with Gasteiger partial charge in [0.1, 0.15) is 15.6 Å². The van der Waals surface area contributed by atoms with Crippen molar-refractivity contribution in [2.75, 3.05) is 0 Å². The number of carbonyl (C=O) groups is 1. The van der Waals surface area contributed by atoms with Crippen LogP contribution >= 0.6 is 15.9 Å². The van der Waals surface area contributed by atoms with E-state index in [2.05, 4.69) is 21.1 Å². The number of amides is 1. The first-order valence-electron chi connectivity index (χ1n) is 5.34. The van der Waals surface area contributed by atoms with Gasteiger partial charge in [0.2, 0.25) is 5.91 Å². The fraction of sp³-hybridized carbons (Fsp3) is 0.600. The first-order valence-corrected chi connectivity index (χ1v) is 7.30. The maximum absolute atomic E-state index is 11.3. The summed E-state index contributed by atoms with van der Waals surface area (Å²) in [6, 6.07) is 1.58. The van der Waals surface area contributed by atoms with Gasteiger partial charge < -0.3 is 14.8 Å². The molecule has 0 bridgehead atoms. The second-order valence-electron chi connectivity index (χ2n) is 4.39. The number of nitrogens with zero attached hydrogens (tertiary/aromatic N) is 1. The highest BCUT2D eigenvalue weighted by molar-refractivity contribution is 9.10. The van der Waals surface area contributed by atoms with Crippen LogP contribution in [-0.2, 0) is 15.9 Å². The number of carbonyl (C=O) groups excluding carboxylic acids is 1. The van der Waals surface area contributed by atoms with E-state index >= 15 is 0 Å². The third-order valence-electron chi connectivity index (χ3n) is 2.45. The van der Waals surface area contributed by atoms with Gasteiger partial charge in [-0.25, -0.2) is 4.21 Å². The van der Waals surface area contributed by atoms with Crippen LogP contribution in [0.5, 0.6) is 0 Å². The SMILES string of the molecule is CC(C)CC(c1cc(Br)no1)C(C(N)=O)S(=O)O. The van der Waals surface area contributed by atoms with Crippen molar-refractivity contribution in [3.63, 3.8) is 0 Å². The van der Waals surface area contributed by atoms with Gasteiger partial charge in [0.25, 0.3) is 0 Å². The van der Waals surface area contributed by atoms with Crippen LogP contribution in [0.4, 0.5) is 0 Å². The molecule has 1 aromatic heterocycles. The van der Waals surface area contributed by atoms with Crippen LogP contribution in [0, 0.1) is 5.92 Å². The predicted octanol–water partition coefficient (Wildman–Crippen LogP) is 1.64. The molecule has 0 fully saturated rings. The Morgan fingerprint density at radius 3 is 2.61 bits per heavy atom. The Morgan fingerprint density at radius 2 is 2.28 bits per heavy atom. The van der Waals surface area contributed by atoms with Gasteiger partial charge in [0.15, 0.2) is 11.1 Å². The minimum Gasteiger partial charge on any atom is -0.369 e. The third kappa shape index (κ3) is 3.89. The lowest BCUT2D eigenvalue weighted by molar-refractivity contribution is -0.118. The Morgan fingerprint density at radius 1 is 1.67 bits per heavy atom. The Balaban J connectivity index is 3.10. The quantitative estimate of drug-likeness (QED) is 0.767. The summed E-state index contributed by atoms with van der Waals surface area (Å²) in [4.78, 5) is 11.3. The molecule has 1 heterocycles. The minimum atomic E-state index is -2.35. The average Bonchev–Trinajstić information content (AvgIpc) is 2.61. The van der Waals surface area contributed by atoms with E-state index in [0.29, 0.717) is 16.8 Å². The van der Waals surface area contributed by atoms with Crippen LogP contribution in [-0.4, -0.2) is 25.1 Å². The highest BCUT2D eigenvalue weighted by Crippen LogP contribution is 2.31. The number of rotatable bonds is 6. The molecule has 102 valence electrons. The molecule has 0 saturated heterocycles. The zero-order valence-corrected chi connectivity index (χ0v) is 12.4. The van der Waals surface area contributed by atoms with Crippen molar-refractivity contribution < 1.29 is 18.1 Å². The van der Waals surface area contributed by atoms with Crippen LogP contribution in [0.15, 0.2) is 15.2 Å². The molecule has 3 unspecified atom stereocenters. The fourth-order valence-electron chi connectivity index (χ4n) is 1.78. The van der Waals surface area contributed by atoms with E-state index in [1.165, 1.54) is 0 Å². The molecule has 0 spiro atoms. The lowest BCUT2D eigenvalue weighted by Crippen LogP contribution is -2.38. The second-order valence-corrected chi connectivity index (χ2v) is 6.26. The number of primary amides is 1. The topological polar surface area (TPSA) is 106 Å². The fourth-order valence-corrected chi connectivity index (χ4v) is 2.80. The third-order valence-corrected chi connectivity index (χ3v) is 3.82. The van der Waals surface area contributed by atoms with E-state index < -0.39 is 28.2 Å². The zero-order valence-electron chi connectivity index (χ0n) is 10.00. The zero-order chi connectivity index (χ0) is 13.9. The lowest BCUT2D eigenvalue weighted by atomic mass is 9.91. The lowest BCUT2D eigenvalue weighted by Gasteiger charge is -2.21. The number of hydrogen-bond acceptors (Lipinski definition) is 4. The summed E-state index contributed by atoms with van der Waals surface area (Å²) >= 11 is 0.782. The van der Waals surface area contributed by atoms with Crippen LogP contribution in [0.3, 0.4) is 0 Å². The Hall–Kier alpha value is -0.730. The van der Waals surface area contributed by atoms with Gasteiger partial charge in [-0.05, 0) is 28.3 Å². The largest absolute Gasteiger partial charge is 0.369 e. The van der Waals surface area contributed by atoms with Gasteiger partial charge >= 0.3 is 0 Å². The molecule has 6 nitrogen and oxygen atoms in total. The van der Waals surface area contributed by atoms with Crippen molar-refractivity contribution in [2.24, 2.45) is 11.7 Å². The highest BCUT2D eigenvalue weighted by Gasteiger charge is 2.36. The summed E-state index contributed by atoms with van der Waals surface area (Å²) in [5.41, 5.74) is 5.19. The van der Waals surface area contributed by atoms with Crippen LogP contribution in [0.2, 0.25) is 0 Å². The molecular weight excluding hydrogens is 324 g/mol. The highest BCUT2D eigenvalue weighted by atomic mass is 79.9. The van der Waals surface area contributed by atoms with Crippen molar-refractivity contribution in [1.82, 2.24) is 5.16 Å². The molecule has 1 aromatic rings. The maximum atomic E-state index is 11.3. The van der Waals surface area contributed by atoms with Crippen LogP contribution in [0.25, 0.3) is 0 Å². The van der Waals surface area contributed by atoms with Gasteiger partial charge in [-0.1, -0.05) is 19.0 Å². The van der Waals surface area contributed by atoms with Crippen molar-refractivity contribution in [2.45, 2.75) is 31.4 Å². The van der Waals surface area contributed by atoms with E-state index in [4.69, 9.17) is 10.3 Å². The van der Waals surface area contributed by atoms with Gasteiger partial charge in [-0.15, -0.1) is 0 Å². The van der Waals surface area contributed by atoms with Crippen LogP contribution in [0.1, 0.15) is 31.9 Å².